The van der Waals surface area contributed by atoms with Crippen molar-refractivity contribution in [2.75, 3.05) is 20.1 Å². The van der Waals surface area contributed by atoms with E-state index in [9.17, 15) is 0 Å². The monoisotopic (exact) mass is 260 g/mol. The molecule has 2 aromatic rings. The quantitative estimate of drug-likeness (QED) is 0.589. The number of imidazole rings is 1. The molecule has 0 aliphatic heterocycles. The highest BCUT2D eigenvalue weighted by Crippen LogP contribution is 1.88. The molecule has 102 valence electrons. The third-order valence-corrected chi connectivity index (χ3v) is 2.77. The first-order chi connectivity index (χ1) is 9.38. The molecule has 0 bridgehead atoms. The molecule has 2 N–H and O–H groups in total. The first-order valence-corrected chi connectivity index (χ1v) is 6.39. The van der Waals surface area contributed by atoms with E-state index in [1.807, 2.05) is 29.2 Å². The van der Waals surface area contributed by atoms with E-state index in [1.54, 1.807) is 13.2 Å². The number of aliphatic imine (C=N–C) groups is 1. The zero-order valence-electron chi connectivity index (χ0n) is 11.2. The largest absolute Gasteiger partial charge is 0.355 e. The standard InChI is InChI=1S/C13H20N6/c1-14-13(16-5-10-18-7-2-3-8-18)17-6-11-19-9-4-15-12-19/h2-4,7-9,12H,5-6,10-11H2,1H3,(H2,14,16,17). The Morgan fingerprint density at radius 3 is 2.32 bits per heavy atom. The van der Waals surface area contributed by atoms with Crippen molar-refractivity contribution in [2.45, 2.75) is 13.1 Å². The molecule has 0 amide bonds. The Balaban J connectivity index is 1.63. The minimum atomic E-state index is 0.819. The van der Waals surface area contributed by atoms with Crippen molar-refractivity contribution in [3.63, 3.8) is 0 Å². The molecule has 19 heavy (non-hydrogen) atoms. The highest BCUT2D eigenvalue weighted by atomic mass is 15.2. The molecule has 0 unspecified atom stereocenters. The molecule has 0 atom stereocenters. The van der Waals surface area contributed by atoms with Crippen LogP contribution in [0, 0.1) is 0 Å². The van der Waals surface area contributed by atoms with Crippen LogP contribution in [0.3, 0.4) is 0 Å². The van der Waals surface area contributed by atoms with E-state index in [4.69, 9.17) is 0 Å². The number of hydrogen-bond donors (Lipinski definition) is 2. The van der Waals surface area contributed by atoms with Gasteiger partial charge in [0.1, 0.15) is 0 Å². The normalized spacial score (nSPS) is 11.5. The van der Waals surface area contributed by atoms with Crippen LogP contribution in [0.25, 0.3) is 0 Å². The van der Waals surface area contributed by atoms with Gasteiger partial charge in [-0.15, -0.1) is 0 Å². The summed E-state index contributed by atoms with van der Waals surface area (Å²) in [6.07, 6.45) is 9.64. The molecule has 0 saturated carbocycles. The Morgan fingerprint density at radius 2 is 1.74 bits per heavy atom. The number of nitrogens with one attached hydrogen (secondary N) is 2. The summed E-state index contributed by atoms with van der Waals surface area (Å²) in [6.45, 7) is 3.46. The van der Waals surface area contributed by atoms with Crippen LogP contribution >= 0.6 is 0 Å². The first-order valence-electron chi connectivity index (χ1n) is 6.39. The van der Waals surface area contributed by atoms with Crippen LogP contribution in [0.1, 0.15) is 0 Å². The van der Waals surface area contributed by atoms with Gasteiger partial charge in [0.05, 0.1) is 6.33 Å². The summed E-state index contributed by atoms with van der Waals surface area (Å²) in [5.41, 5.74) is 0. The lowest BCUT2D eigenvalue weighted by Crippen LogP contribution is -2.40. The van der Waals surface area contributed by atoms with Gasteiger partial charge in [-0.1, -0.05) is 0 Å². The Kier molecular flexibility index (Phi) is 5.04. The SMILES string of the molecule is CN=C(NCCn1cccc1)NCCn1ccnc1. The molecule has 0 aliphatic carbocycles. The van der Waals surface area contributed by atoms with Gasteiger partial charge in [-0.05, 0) is 12.1 Å². The van der Waals surface area contributed by atoms with Crippen LogP contribution in [0.2, 0.25) is 0 Å². The van der Waals surface area contributed by atoms with Crippen molar-refractivity contribution in [2.24, 2.45) is 4.99 Å². The maximum Gasteiger partial charge on any atom is 0.191 e. The van der Waals surface area contributed by atoms with Gasteiger partial charge in [-0.3, -0.25) is 4.99 Å². The van der Waals surface area contributed by atoms with Crippen LogP contribution in [0.4, 0.5) is 0 Å². The maximum atomic E-state index is 4.19. The van der Waals surface area contributed by atoms with Crippen LogP contribution in [0.5, 0.6) is 0 Å². The molecule has 0 aromatic carbocycles. The highest BCUT2D eigenvalue weighted by molar-refractivity contribution is 5.79. The molecular weight excluding hydrogens is 240 g/mol. The second-order valence-corrected chi connectivity index (χ2v) is 4.15. The second-order valence-electron chi connectivity index (χ2n) is 4.15. The highest BCUT2D eigenvalue weighted by Gasteiger charge is 1.97. The Bertz CT molecular complexity index is 429. The van der Waals surface area contributed by atoms with E-state index >= 15 is 0 Å². The number of hydrogen-bond acceptors (Lipinski definition) is 2. The van der Waals surface area contributed by atoms with E-state index in [2.05, 4.69) is 37.6 Å². The van der Waals surface area contributed by atoms with E-state index in [0.717, 1.165) is 32.1 Å². The predicted octanol–water partition coefficient (Wildman–Crippen LogP) is 0.550. The summed E-state index contributed by atoms with van der Waals surface area (Å²) in [5.74, 6) is 0.826. The molecule has 2 aromatic heterocycles. The zero-order chi connectivity index (χ0) is 13.3. The van der Waals surface area contributed by atoms with Crippen molar-refractivity contribution in [3.05, 3.63) is 43.2 Å². The van der Waals surface area contributed by atoms with E-state index < -0.39 is 0 Å². The summed E-state index contributed by atoms with van der Waals surface area (Å²) in [6, 6.07) is 4.05. The molecule has 0 saturated heterocycles. The molecule has 6 nitrogen and oxygen atoms in total. The van der Waals surface area contributed by atoms with Gasteiger partial charge in [0.2, 0.25) is 0 Å². The van der Waals surface area contributed by atoms with Crippen molar-refractivity contribution in [3.8, 4) is 0 Å². The third kappa shape index (κ3) is 4.50. The molecular formula is C13H20N6. The van der Waals surface area contributed by atoms with Gasteiger partial charge in [0.15, 0.2) is 5.96 Å². The van der Waals surface area contributed by atoms with Crippen LogP contribution in [0.15, 0.2) is 48.2 Å². The minimum Gasteiger partial charge on any atom is -0.355 e. The smallest absolute Gasteiger partial charge is 0.191 e. The van der Waals surface area contributed by atoms with Crippen molar-refractivity contribution in [1.82, 2.24) is 24.8 Å². The van der Waals surface area contributed by atoms with Gasteiger partial charge in [0.25, 0.3) is 0 Å². The predicted molar refractivity (Wildman–Crippen MR) is 76.0 cm³/mol. The van der Waals surface area contributed by atoms with Crippen LogP contribution in [-0.4, -0.2) is 40.2 Å². The zero-order valence-corrected chi connectivity index (χ0v) is 11.2. The number of rotatable bonds is 6. The molecule has 0 fully saturated rings. The Hall–Kier alpha value is -2.24. The maximum absolute atomic E-state index is 4.19. The first kappa shape index (κ1) is 13.2. The summed E-state index contributed by atoms with van der Waals surface area (Å²) in [5, 5.41) is 6.55. The molecule has 2 heterocycles. The molecule has 2 rings (SSSR count). The number of guanidine groups is 1. The molecule has 0 aliphatic rings. The summed E-state index contributed by atoms with van der Waals surface area (Å²) < 4.78 is 4.16. The Labute approximate surface area is 113 Å². The van der Waals surface area contributed by atoms with Gasteiger partial charge in [0, 0.05) is 58.0 Å². The lowest BCUT2D eigenvalue weighted by Gasteiger charge is -2.12. The summed E-state index contributed by atoms with van der Waals surface area (Å²) >= 11 is 0. The Morgan fingerprint density at radius 1 is 1.05 bits per heavy atom. The second kappa shape index (κ2) is 7.25. The minimum absolute atomic E-state index is 0.819. The van der Waals surface area contributed by atoms with E-state index in [1.165, 1.54) is 0 Å². The van der Waals surface area contributed by atoms with Crippen LogP contribution in [-0.2, 0) is 13.1 Å². The number of aromatic nitrogens is 3. The molecule has 0 radical (unpaired) electrons. The fourth-order valence-electron chi connectivity index (χ4n) is 1.77. The van der Waals surface area contributed by atoms with Crippen molar-refractivity contribution >= 4 is 5.96 Å². The van der Waals surface area contributed by atoms with Gasteiger partial charge < -0.3 is 19.8 Å². The molecule has 6 heteroatoms. The van der Waals surface area contributed by atoms with E-state index in [0.29, 0.717) is 0 Å². The van der Waals surface area contributed by atoms with Gasteiger partial charge in [-0.25, -0.2) is 4.98 Å². The van der Waals surface area contributed by atoms with Crippen molar-refractivity contribution < 1.29 is 0 Å². The molecule has 0 spiro atoms. The average Bonchev–Trinajstić information content (AvgIpc) is 3.10. The average molecular weight is 260 g/mol. The summed E-state index contributed by atoms with van der Waals surface area (Å²) in [7, 11) is 1.78. The lowest BCUT2D eigenvalue weighted by molar-refractivity contribution is 0.641. The summed E-state index contributed by atoms with van der Waals surface area (Å²) in [4.78, 5) is 8.19. The fraction of sp³-hybridized carbons (Fsp3) is 0.385. The lowest BCUT2D eigenvalue weighted by atomic mass is 10.5. The van der Waals surface area contributed by atoms with Gasteiger partial charge >= 0.3 is 0 Å². The van der Waals surface area contributed by atoms with E-state index in [-0.39, 0.29) is 0 Å². The topological polar surface area (TPSA) is 59.2 Å². The third-order valence-electron chi connectivity index (χ3n) is 2.77. The van der Waals surface area contributed by atoms with Gasteiger partial charge in [-0.2, -0.15) is 0 Å². The fourth-order valence-corrected chi connectivity index (χ4v) is 1.77. The van der Waals surface area contributed by atoms with Crippen LogP contribution < -0.4 is 10.6 Å². The number of nitrogens with zero attached hydrogens (tertiary/aromatic N) is 4. The van der Waals surface area contributed by atoms with Crippen molar-refractivity contribution in [1.29, 1.82) is 0 Å².